The number of aromatic hydroxyl groups is 1. The number of carbonyl (C=O) groups excluding carboxylic acids is 4. The summed E-state index contributed by atoms with van der Waals surface area (Å²) < 4.78 is 5.47. The van der Waals surface area contributed by atoms with Crippen LogP contribution >= 0.6 is 0 Å². The number of ketones is 2. The number of aliphatic hydroxyl groups is 3. The quantitative estimate of drug-likeness (QED) is 0.274. The Balaban J connectivity index is 1.93. The standard InChI is InChI=1S/C33H46N4O9/c1-15(2)46-31(44)37(14-32(3,4)5)13-17-12-20(35(6)7)18-10-16-11-19-24(36(8)9)27(40)23(30(34)43)29(42)33(19,45)28(41)21(16)26(39)22(18)25(17)38/h12,15-16,19,24,38-39,42,45H,10-11,13-14H2,1-9H3,(H2,34,43)/t16-,19-,24-,33-/m0/s1. The smallest absolute Gasteiger partial charge is 0.410 e. The van der Waals surface area contributed by atoms with E-state index in [1.165, 1.54) is 9.80 Å². The summed E-state index contributed by atoms with van der Waals surface area (Å²) in [7, 11) is 6.68. The molecule has 13 heteroatoms. The van der Waals surface area contributed by atoms with Gasteiger partial charge in [0.25, 0.3) is 5.91 Å². The number of Topliss-reactive ketones (excluding diaryl/α,β-unsaturated/α-hetero) is 2. The van der Waals surface area contributed by atoms with E-state index in [-0.39, 0.29) is 59.9 Å². The lowest BCUT2D eigenvalue weighted by atomic mass is 9.57. The number of rotatable bonds is 7. The number of likely N-dealkylation sites (N-methyl/N-ethyl adjacent to an activating group) is 1. The van der Waals surface area contributed by atoms with E-state index in [0.29, 0.717) is 11.3 Å². The van der Waals surface area contributed by atoms with E-state index in [1.807, 2.05) is 20.8 Å². The second kappa shape index (κ2) is 11.9. The topological polar surface area (TPSA) is 194 Å². The number of hydrogen-bond acceptors (Lipinski definition) is 11. The molecule has 0 bridgehead atoms. The molecule has 0 aromatic heterocycles. The van der Waals surface area contributed by atoms with Crippen LogP contribution < -0.4 is 10.6 Å². The maximum absolute atomic E-state index is 14.2. The average Bonchev–Trinajstić information content (AvgIpc) is 2.90. The van der Waals surface area contributed by atoms with Gasteiger partial charge in [-0.2, -0.15) is 0 Å². The van der Waals surface area contributed by atoms with Crippen LogP contribution in [0.4, 0.5) is 10.5 Å². The number of fused-ring (bicyclic) bond motifs is 3. The predicted octanol–water partition coefficient (Wildman–Crippen LogP) is 2.42. The molecule has 3 aliphatic rings. The lowest BCUT2D eigenvalue weighted by molar-refractivity contribution is -0.153. The summed E-state index contributed by atoms with van der Waals surface area (Å²) in [4.78, 5) is 57.6. The third kappa shape index (κ3) is 5.70. The third-order valence-electron chi connectivity index (χ3n) is 8.88. The Kier molecular flexibility index (Phi) is 9.01. The van der Waals surface area contributed by atoms with Crippen molar-refractivity contribution in [3.05, 3.63) is 39.7 Å². The number of carbonyl (C=O) groups is 4. The van der Waals surface area contributed by atoms with Crippen LogP contribution in [0.1, 0.15) is 57.7 Å². The zero-order chi connectivity index (χ0) is 34.8. The van der Waals surface area contributed by atoms with E-state index in [2.05, 4.69) is 0 Å². The highest BCUT2D eigenvalue weighted by Crippen LogP contribution is 2.54. The molecule has 6 N–H and O–H groups in total. The van der Waals surface area contributed by atoms with Gasteiger partial charge in [-0.05, 0) is 63.7 Å². The Morgan fingerprint density at radius 2 is 1.72 bits per heavy atom. The van der Waals surface area contributed by atoms with Gasteiger partial charge in [0.15, 0.2) is 11.4 Å². The molecule has 4 rings (SSSR count). The number of hydrogen-bond donors (Lipinski definition) is 5. The number of primary amides is 1. The highest BCUT2D eigenvalue weighted by Gasteiger charge is 2.64. The van der Waals surface area contributed by atoms with Crippen LogP contribution in [0.15, 0.2) is 23.0 Å². The number of aliphatic hydroxyl groups excluding tert-OH is 2. The van der Waals surface area contributed by atoms with Crippen LogP contribution in [0, 0.1) is 17.3 Å². The number of phenols is 1. The van der Waals surface area contributed by atoms with E-state index in [1.54, 1.807) is 53.0 Å². The summed E-state index contributed by atoms with van der Waals surface area (Å²) in [5.41, 5.74) is 2.65. The van der Waals surface area contributed by atoms with Crippen molar-refractivity contribution < 1.29 is 44.3 Å². The number of benzene rings is 1. The molecule has 1 saturated carbocycles. The molecule has 1 fully saturated rings. The molecular formula is C33H46N4O9. The molecule has 3 aliphatic carbocycles. The molecule has 0 heterocycles. The summed E-state index contributed by atoms with van der Waals surface area (Å²) >= 11 is 0. The second-order valence-electron chi connectivity index (χ2n) is 14.5. The van der Waals surface area contributed by atoms with Crippen molar-refractivity contribution in [3.63, 3.8) is 0 Å². The Hall–Kier alpha value is -4.10. The monoisotopic (exact) mass is 642 g/mol. The first-order valence-corrected chi connectivity index (χ1v) is 15.3. The lowest BCUT2D eigenvalue weighted by Crippen LogP contribution is -2.65. The van der Waals surface area contributed by atoms with Gasteiger partial charge in [0.2, 0.25) is 5.78 Å². The molecule has 1 aromatic carbocycles. The average molecular weight is 643 g/mol. The molecule has 1 aromatic rings. The van der Waals surface area contributed by atoms with Gasteiger partial charge < -0.3 is 40.7 Å². The minimum absolute atomic E-state index is 0.0124. The normalized spacial score (nSPS) is 24.6. The van der Waals surface area contributed by atoms with Crippen LogP contribution in [0.25, 0.3) is 5.76 Å². The molecule has 4 atom stereocenters. The van der Waals surface area contributed by atoms with Crippen molar-refractivity contribution in [2.45, 2.75) is 71.8 Å². The third-order valence-corrected chi connectivity index (χ3v) is 8.88. The van der Waals surface area contributed by atoms with E-state index in [9.17, 15) is 39.6 Å². The molecule has 0 saturated heterocycles. The fraction of sp³-hybridized carbons (Fsp3) is 0.576. The first-order chi connectivity index (χ1) is 21.1. The Morgan fingerprint density at radius 1 is 1.11 bits per heavy atom. The van der Waals surface area contributed by atoms with Gasteiger partial charge in [0.1, 0.15) is 22.8 Å². The molecular weight excluding hydrogens is 596 g/mol. The summed E-state index contributed by atoms with van der Waals surface area (Å²) in [5, 5.41) is 46.4. The van der Waals surface area contributed by atoms with Gasteiger partial charge >= 0.3 is 6.09 Å². The van der Waals surface area contributed by atoms with Crippen LogP contribution in [0.2, 0.25) is 0 Å². The summed E-state index contributed by atoms with van der Waals surface area (Å²) in [5.74, 6) is -7.15. The molecule has 2 amide bonds. The van der Waals surface area contributed by atoms with Crippen LogP contribution in [0.3, 0.4) is 0 Å². The van der Waals surface area contributed by atoms with E-state index in [4.69, 9.17) is 10.5 Å². The maximum Gasteiger partial charge on any atom is 0.410 e. The number of nitrogens with two attached hydrogens (primary N) is 1. The van der Waals surface area contributed by atoms with Crippen molar-refractivity contribution in [2.75, 3.05) is 39.6 Å². The molecule has 46 heavy (non-hydrogen) atoms. The fourth-order valence-corrected chi connectivity index (χ4v) is 7.10. The van der Waals surface area contributed by atoms with Gasteiger partial charge in [-0.3, -0.25) is 19.3 Å². The minimum Gasteiger partial charge on any atom is -0.508 e. The van der Waals surface area contributed by atoms with Crippen LogP contribution in [0.5, 0.6) is 5.75 Å². The van der Waals surface area contributed by atoms with Crippen LogP contribution in [-0.4, -0.2) is 106 Å². The van der Waals surface area contributed by atoms with Gasteiger partial charge in [-0.15, -0.1) is 0 Å². The van der Waals surface area contributed by atoms with Crippen molar-refractivity contribution in [3.8, 4) is 5.75 Å². The Labute approximate surface area is 268 Å². The van der Waals surface area contributed by atoms with Gasteiger partial charge in [-0.25, -0.2) is 4.79 Å². The molecule has 13 nitrogen and oxygen atoms in total. The Bertz CT molecular complexity index is 1550. The van der Waals surface area contributed by atoms with E-state index < -0.39 is 64.1 Å². The number of phenolic OH excluding ortho intramolecular Hbond substituents is 1. The number of amides is 2. The van der Waals surface area contributed by atoms with Crippen molar-refractivity contribution >= 4 is 35.0 Å². The van der Waals surface area contributed by atoms with Crippen molar-refractivity contribution in [1.82, 2.24) is 9.80 Å². The minimum atomic E-state index is -2.73. The number of ether oxygens (including phenoxy) is 1. The number of nitrogens with zero attached hydrogens (tertiary/aromatic N) is 3. The zero-order valence-corrected chi connectivity index (χ0v) is 28.0. The van der Waals surface area contributed by atoms with Crippen molar-refractivity contribution in [1.29, 1.82) is 0 Å². The zero-order valence-electron chi connectivity index (χ0n) is 28.0. The highest BCUT2D eigenvalue weighted by atomic mass is 16.6. The van der Waals surface area contributed by atoms with Gasteiger partial charge in [0, 0.05) is 43.4 Å². The summed E-state index contributed by atoms with van der Waals surface area (Å²) in [6.07, 6.45) is -0.829. The van der Waals surface area contributed by atoms with E-state index in [0.717, 1.165) is 0 Å². The lowest BCUT2D eigenvalue weighted by Gasteiger charge is -2.50. The maximum atomic E-state index is 14.2. The van der Waals surface area contributed by atoms with Crippen LogP contribution in [-0.2, 0) is 32.1 Å². The first kappa shape index (κ1) is 34.8. The molecule has 0 spiro atoms. The second-order valence-corrected chi connectivity index (χ2v) is 14.5. The van der Waals surface area contributed by atoms with Gasteiger partial charge in [0.05, 0.1) is 24.3 Å². The van der Waals surface area contributed by atoms with E-state index >= 15 is 0 Å². The molecule has 0 aliphatic heterocycles. The number of anilines is 1. The fourth-order valence-electron chi connectivity index (χ4n) is 7.10. The largest absolute Gasteiger partial charge is 0.508 e. The molecule has 0 radical (unpaired) electrons. The highest BCUT2D eigenvalue weighted by molar-refractivity contribution is 6.24. The first-order valence-electron chi connectivity index (χ1n) is 15.3. The molecule has 252 valence electrons. The summed E-state index contributed by atoms with van der Waals surface area (Å²) in [6.45, 7) is 9.54. The summed E-state index contributed by atoms with van der Waals surface area (Å²) in [6, 6.07) is 0.563. The predicted molar refractivity (Wildman–Crippen MR) is 170 cm³/mol. The SMILES string of the molecule is CC(C)OC(=O)N(Cc1cc(N(C)C)c2c(c1O)C(O)=C1C(=O)[C@]3(O)C(O)=C(C(N)=O)C(=O)[C@@H](N(C)C)[C@@H]3C[C@@H]1C2)CC(C)(C)C. The Morgan fingerprint density at radius 3 is 2.22 bits per heavy atom. The van der Waals surface area contributed by atoms with Crippen molar-refractivity contribution in [2.24, 2.45) is 23.0 Å². The van der Waals surface area contributed by atoms with Gasteiger partial charge in [-0.1, -0.05) is 20.8 Å². The molecule has 0 unspecified atom stereocenters.